The number of hydrogen-bond donors (Lipinski definition) is 1. The van der Waals surface area contributed by atoms with E-state index in [0.717, 1.165) is 24.6 Å². The molecule has 2 heteroatoms. The number of rotatable bonds is 7. The third kappa shape index (κ3) is 3.51. The van der Waals surface area contributed by atoms with Gasteiger partial charge in [0.15, 0.2) is 0 Å². The summed E-state index contributed by atoms with van der Waals surface area (Å²) in [4.78, 5) is 0. The van der Waals surface area contributed by atoms with Crippen LogP contribution in [0.1, 0.15) is 25.3 Å². The first-order chi connectivity index (χ1) is 9.76. The topological polar surface area (TPSA) is 21.3 Å². The van der Waals surface area contributed by atoms with Gasteiger partial charge >= 0.3 is 0 Å². The fourth-order valence-corrected chi connectivity index (χ4v) is 2.67. The lowest BCUT2D eigenvalue weighted by Crippen LogP contribution is -2.12. The average molecular weight is 271 g/mol. The van der Waals surface area contributed by atoms with Crippen molar-refractivity contribution in [2.75, 3.05) is 20.7 Å². The highest BCUT2D eigenvalue weighted by atomic mass is 16.5. The van der Waals surface area contributed by atoms with E-state index < -0.39 is 0 Å². The fraction of sp³-hybridized carbons (Fsp3) is 0.444. The van der Waals surface area contributed by atoms with Crippen molar-refractivity contribution in [1.29, 1.82) is 0 Å². The van der Waals surface area contributed by atoms with Crippen LogP contribution in [0, 0.1) is 5.92 Å². The van der Waals surface area contributed by atoms with E-state index in [1.54, 1.807) is 7.11 Å². The monoisotopic (exact) mass is 271 g/mol. The SMILES string of the molecule is CNCCC(C)CCc1ccc(OC)c2ccccc12. The lowest BCUT2D eigenvalue weighted by molar-refractivity contribution is 0.419. The quantitative estimate of drug-likeness (QED) is 0.821. The summed E-state index contributed by atoms with van der Waals surface area (Å²) in [6.45, 7) is 3.44. The number of nitrogens with one attached hydrogen (secondary N) is 1. The molecule has 0 aliphatic carbocycles. The van der Waals surface area contributed by atoms with Crippen LogP contribution in [0.4, 0.5) is 0 Å². The molecule has 0 heterocycles. The summed E-state index contributed by atoms with van der Waals surface area (Å²) >= 11 is 0. The van der Waals surface area contributed by atoms with Crippen LogP contribution in [-0.2, 0) is 6.42 Å². The van der Waals surface area contributed by atoms with Crippen LogP contribution in [0.2, 0.25) is 0 Å². The third-order valence-electron chi connectivity index (χ3n) is 3.99. The lowest BCUT2D eigenvalue weighted by Gasteiger charge is -2.13. The van der Waals surface area contributed by atoms with Crippen LogP contribution in [0.15, 0.2) is 36.4 Å². The number of aryl methyl sites for hydroxylation is 1. The predicted molar refractivity (Wildman–Crippen MR) is 86.5 cm³/mol. The van der Waals surface area contributed by atoms with E-state index in [-0.39, 0.29) is 0 Å². The Balaban J connectivity index is 2.14. The first-order valence-electron chi connectivity index (χ1n) is 7.45. The maximum atomic E-state index is 5.45. The van der Waals surface area contributed by atoms with Crippen molar-refractivity contribution in [2.24, 2.45) is 5.92 Å². The molecule has 0 bridgehead atoms. The molecule has 0 amide bonds. The van der Waals surface area contributed by atoms with Gasteiger partial charge in [-0.15, -0.1) is 0 Å². The van der Waals surface area contributed by atoms with Gasteiger partial charge in [0.1, 0.15) is 5.75 Å². The molecule has 0 saturated heterocycles. The second-order valence-corrected chi connectivity index (χ2v) is 5.51. The zero-order valence-electron chi connectivity index (χ0n) is 12.8. The smallest absolute Gasteiger partial charge is 0.126 e. The van der Waals surface area contributed by atoms with E-state index in [9.17, 15) is 0 Å². The van der Waals surface area contributed by atoms with Gasteiger partial charge in [-0.3, -0.25) is 0 Å². The van der Waals surface area contributed by atoms with Crippen LogP contribution in [0.3, 0.4) is 0 Å². The average Bonchev–Trinajstić information content (AvgIpc) is 2.50. The Morgan fingerprint density at radius 1 is 1.05 bits per heavy atom. The van der Waals surface area contributed by atoms with Crippen LogP contribution in [-0.4, -0.2) is 20.7 Å². The molecule has 0 radical (unpaired) electrons. The molecular weight excluding hydrogens is 246 g/mol. The summed E-state index contributed by atoms with van der Waals surface area (Å²) in [5.74, 6) is 1.72. The Kier molecular flexibility index (Phi) is 5.42. The zero-order valence-corrected chi connectivity index (χ0v) is 12.8. The molecule has 0 saturated carbocycles. The molecule has 0 aliphatic rings. The van der Waals surface area contributed by atoms with Gasteiger partial charge in [0.25, 0.3) is 0 Å². The van der Waals surface area contributed by atoms with Crippen molar-refractivity contribution in [2.45, 2.75) is 26.2 Å². The van der Waals surface area contributed by atoms with E-state index in [0.29, 0.717) is 0 Å². The molecule has 2 aromatic carbocycles. The fourth-order valence-electron chi connectivity index (χ4n) is 2.67. The van der Waals surface area contributed by atoms with Gasteiger partial charge in [0, 0.05) is 5.39 Å². The molecular formula is C18H25NO. The Bertz CT molecular complexity index is 550. The third-order valence-corrected chi connectivity index (χ3v) is 3.99. The maximum Gasteiger partial charge on any atom is 0.126 e. The molecule has 20 heavy (non-hydrogen) atoms. The van der Waals surface area contributed by atoms with Gasteiger partial charge in [-0.25, -0.2) is 0 Å². The minimum absolute atomic E-state index is 0.753. The Morgan fingerprint density at radius 2 is 1.80 bits per heavy atom. The normalized spacial score (nSPS) is 12.6. The molecule has 2 aromatic rings. The molecule has 0 spiro atoms. The van der Waals surface area contributed by atoms with Crippen LogP contribution < -0.4 is 10.1 Å². The van der Waals surface area contributed by atoms with Gasteiger partial charge in [0.2, 0.25) is 0 Å². The molecule has 2 rings (SSSR count). The van der Waals surface area contributed by atoms with Crippen molar-refractivity contribution < 1.29 is 4.74 Å². The Labute approximate surface area is 122 Å². The number of fused-ring (bicyclic) bond motifs is 1. The van der Waals surface area contributed by atoms with Gasteiger partial charge in [-0.05, 0) is 55.8 Å². The van der Waals surface area contributed by atoms with Gasteiger partial charge < -0.3 is 10.1 Å². The van der Waals surface area contributed by atoms with Crippen molar-refractivity contribution in [3.05, 3.63) is 42.0 Å². The van der Waals surface area contributed by atoms with Crippen LogP contribution in [0.25, 0.3) is 10.8 Å². The van der Waals surface area contributed by atoms with Crippen molar-refractivity contribution >= 4 is 10.8 Å². The first-order valence-corrected chi connectivity index (χ1v) is 7.45. The number of ether oxygens (including phenoxy) is 1. The molecule has 108 valence electrons. The second kappa shape index (κ2) is 7.30. The van der Waals surface area contributed by atoms with Crippen LogP contribution in [0.5, 0.6) is 5.75 Å². The summed E-state index contributed by atoms with van der Waals surface area (Å²) in [7, 11) is 3.75. The van der Waals surface area contributed by atoms with E-state index in [1.165, 1.54) is 29.2 Å². The minimum Gasteiger partial charge on any atom is -0.496 e. The number of methoxy groups -OCH3 is 1. The molecule has 2 nitrogen and oxygen atoms in total. The minimum atomic E-state index is 0.753. The largest absolute Gasteiger partial charge is 0.496 e. The number of benzene rings is 2. The van der Waals surface area contributed by atoms with E-state index in [2.05, 4.69) is 48.6 Å². The zero-order chi connectivity index (χ0) is 14.4. The molecule has 1 unspecified atom stereocenters. The lowest BCUT2D eigenvalue weighted by atomic mass is 9.95. The summed E-state index contributed by atoms with van der Waals surface area (Å²) in [6, 6.07) is 12.8. The van der Waals surface area contributed by atoms with E-state index in [1.807, 2.05) is 7.05 Å². The molecule has 1 N–H and O–H groups in total. The van der Waals surface area contributed by atoms with Gasteiger partial charge in [0.05, 0.1) is 7.11 Å². The highest BCUT2D eigenvalue weighted by molar-refractivity contribution is 5.91. The van der Waals surface area contributed by atoms with Crippen molar-refractivity contribution in [3.63, 3.8) is 0 Å². The molecule has 0 aliphatic heterocycles. The second-order valence-electron chi connectivity index (χ2n) is 5.51. The standard InChI is InChI=1S/C18H25NO/c1-14(12-13-19-2)8-9-15-10-11-18(20-3)17-7-5-4-6-16(15)17/h4-7,10-11,14,19H,8-9,12-13H2,1-3H3. The van der Waals surface area contributed by atoms with Crippen molar-refractivity contribution in [1.82, 2.24) is 5.32 Å². The predicted octanol–water partition coefficient (Wildman–Crippen LogP) is 4.03. The van der Waals surface area contributed by atoms with Gasteiger partial charge in [-0.1, -0.05) is 37.3 Å². The Morgan fingerprint density at radius 3 is 2.50 bits per heavy atom. The molecule has 0 fully saturated rings. The number of hydrogen-bond acceptors (Lipinski definition) is 2. The van der Waals surface area contributed by atoms with E-state index >= 15 is 0 Å². The summed E-state index contributed by atoms with van der Waals surface area (Å²) < 4.78 is 5.45. The maximum absolute atomic E-state index is 5.45. The summed E-state index contributed by atoms with van der Waals surface area (Å²) in [5.41, 5.74) is 1.43. The van der Waals surface area contributed by atoms with Crippen LogP contribution >= 0.6 is 0 Å². The molecule has 1 atom stereocenters. The summed E-state index contributed by atoms with van der Waals surface area (Å²) in [5, 5.41) is 5.77. The summed E-state index contributed by atoms with van der Waals surface area (Å²) in [6.07, 6.45) is 3.61. The highest BCUT2D eigenvalue weighted by Gasteiger charge is 2.08. The van der Waals surface area contributed by atoms with Gasteiger partial charge in [-0.2, -0.15) is 0 Å². The first kappa shape index (κ1) is 14.9. The highest BCUT2D eigenvalue weighted by Crippen LogP contribution is 2.29. The Hall–Kier alpha value is -1.54. The molecule has 0 aromatic heterocycles. The van der Waals surface area contributed by atoms with Crippen molar-refractivity contribution in [3.8, 4) is 5.75 Å². The van der Waals surface area contributed by atoms with E-state index in [4.69, 9.17) is 4.74 Å².